The van der Waals surface area contributed by atoms with Gasteiger partial charge in [-0.1, -0.05) is 32.5 Å². The number of thiocarbonyl (C=S) groups is 1. The number of carbonyl (C=O) groups is 2. The average Bonchev–Trinajstić information content (AvgIpc) is 2.93. The highest BCUT2D eigenvalue weighted by molar-refractivity contribution is 7.80. The number of rotatable bonds is 4. The third kappa shape index (κ3) is 2.18. The molecule has 2 fully saturated rings. The second-order valence-corrected chi connectivity index (χ2v) is 6.21. The molecular formula is C14H22N2O2S. The first kappa shape index (κ1) is 14.4. The lowest BCUT2D eigenvalue weighted by Gasteiger charge is -2.30. The van der Waals surface area contributed by atoms with E-state index in [1.807, 2.05) is 13.8 Å². The van der Waals surface area contributed by atoms with Crippen LogP contribution < -0.4 is 5.73 Å². The summed E-state index contributed by atoms with van der Waals surface area (Å²) in [5, 5.41) is 0. The lowest BCUT2D eigenvalue weighted by Crippen LogP contribution is -2.46. The first-order valence-electron chi connectivity index (χ1n) is 7.12. The molecule has 2 atom stereocenters. The predicted octanol–water partition coefficient (Wildman–Crippen LogP) is 2.01. The fourth-order valence-electron chi connectivity index (χ4n) is 3.54. The first-order chi connectivity index (χ1) is 8.96. The van der Waals surface area contributed by atoms with Crippen molar-refractivity contribution in [3.63, 3.8) is 0 Å². The second kappa shape index (κ2) is 5.19. The Balaban J connectivity index is 2.28. The summed E-state index contributed by atoms with van der Waals surface area (Å²) in [7, 11) is 0. The summed E-state index contributed by atoms with van der Waals surface area (Å²) in [4.78, 5) is 26.9. The standard InChI is InChI=1S/C14H22N2O2S/c1-3-14(4-2)8-11(17)16(13(14)18)10-7-5-6-9(10)12(15)19/h9-10H,3-8H2,1-2H3,(H2,15,19). The van der Waals surface area contributed by atoms with E-state index in [9.17, 15) is 9.59 Å². The minimum absolute atomic E-state index is 0.00403. The molecule has 0 radical (unpaired) electrons. The molecule has 0 aromatic rings. The minimum atomic E-state index is -0.486. The average molecular weight is 282 g/mol. The summed E-state index contributed by atoms with van der Waals surface area (Å²) < 4.78 is 0. The summed E-state index contributed by atoms with van der Waals surface area (Å²) >= 11 is 5.09. The largest absolute Gasteiger partial charge is 0.393 e. The van der Waals surface area contributed by atoms with Crippen molar-refractivity contribution in [1.29, 1.82) is 0 Å². The molecule has 19 heavy (non-hydrogen) atoms. The van der Waals surface area contributed by atoms with Crippen molar-refractivity contribution < 1.29 is 9.59 Å². The zero-order valence-corrected chi connectivity index (χ0v) is 12.5. The van der Waals surface area contributed by atoms with Gasteiger partial charge in [0, 0.05) is 18.4 Å². The van der Waals surface area contributed by atoms with Gasteiger partial charge in [-0.2, -0.15) is 0 Å². The van der Waals surface area contributed by atoms with Crippen LogP contribution in [0, 0.1) is 11.3 Å². The van der Waals surface area contributed by atoms with Gasteiger partial charge >= 0.3 is 0 Å². The number of hydrogen-bond donors (Lipinski definition) is 1. The molecule has 2 aliphatic rings. The molecule has 2 rings (SSSR count). The number of likely N-dealkylation sites (tertiary alicyclic amines) is 1. The number of carbonyl (C=O) groups excluding carboxylic acids is 2. The highest BCUT2D eigenvalue weighted by atomic mass is 32.1. The summed E-state index contributed by atoms with van der Waals surface area (Å²) in [6.07, 6.45) is 4.49. The summed E-state index contributed by atoms with van der Waals surface area (Å²) in [5.74, 6) is -0.0371. The van der Waals surface area contributed by atoms with Crippen molar-refractivity contribution >= 4 is 29.0 Å². The normalized spacial score (nSPS) is 30.1. The molecule has 106 valence electrons. The molecule has 0 spiro atoms. The van der Waals surface area contributed by atoms with Gasteiger partial charge in [0.2, 0.25) is 11.8 Å². The highest BCUT2D eigenvalue weighted by Crippen LogP contribution is 2.43. The van der Waals surface area contributed by atoms with Crippen LogP contribution in [-0.4, -0.2) is 27.7 Å². The Hall–Kier alpha value is -0.970. The quantitative estimate of drug-likeness (QED) is 0.633. The molecule has 1 saturated heterocycles. The maximum atomic E-state index is 12.7. The van der Waals surface area contributed by atoms with Gasteiger partial charge in [-0.05, 0) is 25.7 Å². The molecule has 1 aliphatic heterocycles. The molecule has 5 heteroatoms. The molecule has 2 unspecified atom stereocenters. The zero-order chi connectivity index (χ0) is 14.2. The molecule has 2 amide bonds. The number of amides is 2. The molecule has 2 N–H and O–H groups in total. The van der Waals surface area contributed by atoms with Crippen molar-refractivity contribution in [2.45, 2.75) is 58.4 Å². The van der Waals surface area contributed by atoms with Crippen LogP contribution in [-0.2, 0) is 9.59 Å². The first-order valence-corrected chi connectivity index (χ1v) is 7.53. The van der Waals surface area contributed by atoms with Gasteiger partial charge in [0.1, 0.15) is 0 Å². The van der Waals surface area contributed by atoms with Crippen molar-refractivity contribution in [2.24, 2.45) is 17.1 Å². The van der Waals surface area contributed by atoms with Gasteiger partial charge in [-0.25, -0.2) is 0 Å². The third-order valence-electron chi connectivity index (χ3n) is 4.96. The smallest absolute Gasteiger partial charge is 0.236 e. The van der Waals surface area contributed by atoms with Crippen LogP contribution in [0.5, 0.6) is 0 Å². The Morgan fingerprint density at radius 3 is 2.47 bits per heavy atom. The molecular weight excluding hydrogens is 260 g/mol. The lowest BCUT2D eigenvalue weighted by atomic mass is 9.81. The van der Waals surface area contributed by atoms with Gasteiger partial charge in [0.15, 0.2) is 0 Å². The molecule has 0 aromatic heterocycles. The van der Waals surface area contributed by atoms with Crippen LogP contribution in [0.4, 0.5) is 0 Å². The van der Waals surface area contributed by atoms with Crippen LogP contribution in [0.15, 0.2) is 0 Å². The molecule has 4 nitrogen and oxygen atoms in total. The van der Waals surface area contributed by atoms with E-state index in [1.54, 1.807) is 0 Å². The van der Waals surface area contributed by atoms with E-state index in [4.69, 9.17) is 18.0 Å². The molecule has 1 saturated carbocycles. The Morgan fingerprint density at radius 2 is 2.00 bits per heavy atom. The maximum Gasteiger partial charge on any atom is 0.236 e. The van der Waals surface area contributed by atoms with E-state index in [2.05, 4.69) is 0 Å². The van der Waals surface area contributed by atoms with Gasteiger partial charge in [-0.15, -0.1) is 0 Å². The van der Waals surface area contributed by atoms with E-state index in [-0.39, 0.29) is 23.8 Å². The van der Waals surface area contributed by atoms with Crippen LogP contribution >= 0.6 is 12.2 Å². The van der Waals surface area contributed by atoms with Crippen molar-refractivity contribution in [3.05, 3.63) is 0 Å². The van der Waals surface area contributed by atoms with Crippen LogP contribution in [0.2, 0.25) is 0 Å². The Morgan fingerprint density at radius 1 is 1.37 bits per heavy atom. The van der Waals surface area contributed by atoms with Crippen LogP contribution in [0.3, 0.4) is 0 Å². The molecule has 0 aromatic carbocycles. The SMILES string of the molecule is CCC1(CC)CC(=O)N(C2CCCC2C(N)=S)C1=O. The molecule has 1 aliphatic carbocycles. The topological polar surface area (TPSA) is 63.4 Å². The fraction of sp³-hybridized carbons (Fsp3) is 0.786. The number of nitrogens with two attached hydrogens (primary N) is 1. The summed E-state index contributed by atoms with van der Waals surface area (Å²) in [5.41, 5.74) is 5.28. The van der Waals surface area contributed by atoms with Crippen molar-refractivity contribution in [1.82, 2.24) is 4.90 Å². The third-order valence-corrected chi connectivity index (χ3v) is 5.26. The van der Waals surface area contributed by atoms with Gasteiger partial charge in [0.05, 0.1) is 10.4 Å². The Kier molecular flexibility index (Phi) is 3.95. The number of hydrogen-bond acceptors (Lipinski definition) is 3. The monoisotopic (exact) mass is 282 g/mol. The minimum Gasteiger partial charge on any atom is -0.393 e. The van der Waals surface area contributed by atoms with Crippen molar-refractivity contribution in [3.8, 4) is 0 Å². The van der Waals surface area contributed by atoms with Gasteiger partial charge in [0.25, 0.3) is 0 Å². The van der Waals surface area contributed by atoms with Crippen molar-refractivity contribution in [2.75, 3.05) is 0 Å². The lowest BCUT2D eigenvalue weighted by molar-refractivity contribution is -0.144. The number of imide groups is 1. The van der Waals surface area contributed by atoms with E-state index in [1.165, 1.54) is 4.90 Å². The van der Waals surface area contributed by atoms with E-state index in [0.29, 0.717) is 11.4 Å². The van der Waals surface area contributed by atoms with E-state index < -0.39 is 5.41 Å². The van der Waals surface area contributed by atoms with Crippen LogP contribution in [0.25, 0.3) is 0 Å². The summed E-state index contributed by atoms with van der Waals surface area (Å²) in [6.45, 7) is 3.97. The summed E-state index contributed by atoms with van der Waals surface area (Å²) in [6, 6.07) is -0.0996. The Bertz CT molecular complexity index is 418. The zero-order valence-electron chi connectivity index (χ0n) is 11.6. The molecule has 0 bridgehead atoms. The van der Waals surface area contributed by atoms with Gasteiger partial charge in [-0.3, -0.25) is 14.5 Å². The predicted molar refractivity (Wildman–Crippen MR) is 77.4 cm³/mol. The van der Waals surface area contributed by atoms with E-state index >= 15 is 0 Å². The fourth-order valence-corrected chi connectivity index (χ4v) is 3.81. The highest BCUT2D eigenvalue weighted by Gasteiger charge is 2.53. The second-order valence-electron chi connectivity index (χ2n) is 5.74. The van der Waals surface area contributed by atoms with Crippen LogP contribution in [0.1, 0.15) is 52.4 Å². The maximum absolute atomic E-state index is 12.7. The number of nitrogens with zero attached hydrogens (tertiary/aromatic N) is 1. The Labute approximate surface area is 119 Å². The molecule has 1 heterocycles. The van der Waals surface area contributed by atoms with E-state index in [0.717, 1.165) is 32.1 Å². The van der Waals surface area contributed by atoms with Gasteiger partial charge < -0.3 is 5.73 Å².